The largest absolute Gasteiger partial charge is 0.292 e. The zero-order valence-corrected chi connectivity index (χ0v) is 33.1. The lowest BCUT2D eigenvalue weighted by Crippen LogP contribution is -2.14. The molecule has 282 valence electrons. The third kappa shape index (κ3) is 5.19. The summed E-state index contributed by atoms with van der Waals surface area (Å²) in [7, 11) is 0. The third-order valence-corrected chi connectivity index (χ3v) is 12.4. The lowest BCUT2D eigenvalue weighted by atomic mass is 9.82. The van der Waals surface area contributed by atoms with E-state index >= 15 is 0 Å². The molecule has 12 rings (SSSR count). The first-order valence-electron chi connectivity index (χ1n) is 20.5. The van der Waals surface area contributed by atoms with E-state index in [-0.39, 0.29) is 5.41 Å². The van der Waals surface area contributed by atoms with Crippen LogP contribution in [0.15, 0.2) is 188 Å². The van der Waals surface area contributed by atoms with Crippen LogP contribution in [0.3, 0.4) is 0 Å². The van der Waals surface area contributed by atoms with Crippen molar-refractivity contribution in [2.45, 2.75) is 19.3 Å². The Hall–Kier alpha value is -7.76. The van der Waals surface area contributed by atoms with Gasteiger partial charge in [-0.3, -0.25) is 4.57 Å². The van der Waals surface area contributed by atoms with E-state index in [0.29, 0.717) is 17.5 Å². The average Bonchev–Trinajstić information content (AvgIpc) is 3.82. The van der Waals surface area contributed by atoms with Crippen LogP contribution in [-0.4, -0.2) is 24.5 Å². The first kappa shape index (κ1) is 34.3. The van der Waals surface area contributed by atoms with Crippen molar-refractivity contribution in [3.05, 3.63) is 199 Å². The number of para-hydroxylation sites is 3. The molecule has 0 unspecified atom stereocenters. The normalized spacial score (nSPS) is 13.0. The number of fused-ring (bicyclic) bond motifs is 10. The van der Waals surface area contributed by atoms with Gasteiger partial charge in [-0.05, 0) is 91.0 Å². The molecule has 0 atom stereocenters. The molecule has 5 nitrogen and oxygen atoms in total. The van der Waals surface area contributed by atoms with Crippen LogP contribution in [0, 0.1) is 0 Å². The highest BCUT2D eigenvalue weighted by Crippen LogP contribution is 2.51. The topological polar surface area (TPSA) is 56.5 Å². The van der Waals surface area contributed by atoms with Gasteiger partial charge in [0.05, 0.1) is 11.0 Å². The Labute approximate surface area is 347 Å². The van der Waals surface area contributed by atoms with Crippen LogP contribution in [0.4, 0.5) is 0 Å². The summed E-state index contributed by atoms with van der Waals surface area (Å²) in [4.78, 5) is 21.2. The smallest absolute Gasteiger partial charge is 0.164 e. The number of imidazole rings is 1. The van der Waals surface area contributed by atoms with E-state index in [1.54, 1.807) is 0 Å². The maximum absolute atomic E-state index is 5.37. The molecule has 0 spiro atoms. The molecule has 5 heteroatoms. The minimum atomic E-state index is -0.165. The summed E-state index contributed by atoms with van der Waals surface area (Å²) in [6, 6.07) is 66.5. The van der Waals surface area contributed by atoms with E-state index < -0.39 is 0 Å². The van der Waals surface area contributed by atoms with Crippen LogP contribution < -0.4 is 0 Å². The molecule has 0 fully saturated rings. The van der Waals surface area contributed by atoms with Gasteiger partial charge in [-0.1, -0.05) is 166 Å². The number of hydrogen-bond donors (Lipinski definition) is 0. The van der Waals surface area contributed by atoms with Crippen LogP contribution in [0.25, 0.3) is 106 Å². The van der Waals surface area contributed by atoms with Crippen LogP contribution >= 0.6 is 0 Å². The number of nitrogens with zero attached hydrogens (tertiary/aromatic N) is 5. The van der Waals surface area contributed by atoms with Crippen LogP contribution in [0.1, 0.15) is 25.0 Å². The van der Waals surface area contributed by atoms with Gasteiger partial charge in [0.25, 0.3) is 0 Å². The minimum absolute atomic E-state index is 0.165. The molecule has 60 heavy (non-hydrogen) atoms. The maximum atomic E-state index is 5.37. The van der Waals surface area contributed by atoms with Gasteiger partial charge in [-0.25, -0.2) is 19.9 Å². The van der Waals surface area contributed by atoms with E-state index in [1.807, 2.05) is 12.1 Å². The molecule has 2 heterocycles. The van der Waals surface area contributed by atoms with Crippen LogP contribution in [0.5, 0.6) is 0 Å². The number of hydrogen-bond acceptors (Lipinski definition) is 4. The van der Waals surface area contributed by atoms with Gasteiger partial charge in [0.2, 0.25) is 0 Å². The Bertz CT molecular complexity index is 3490. The number of benzene rings is 9. The molecule has 0 aliphatic heterocycles. The van der Waals surface area contributed by atoms with Crippen molar-refractivity contribution in [2.75, 3.05) is 0 Å². The Kier molecular flexibility index (Phi) is 7.51. The molecule has 0 bridgehead atoms. The molecule has 1 aliphatic carbocycles. The van der Waals surface area contributed by atoms with Gasteiger partial charge >= 0.3 is 0 Å². The van der Waals surface area contributed by atoms with E-state index in [2.05, 4.69) is 194 Å². The maximum Gasteiger partial charge on any atom is 0.164 e. The second-order valence-electron chi connectivity index (χ2n) is 16.2. The first-order valence-corrected chi connectivity index (χ1v) is 20.5. The molecule has 0 amide bonds. The van der Waals surface area contributed by atoms with Crippen molar-refractivity contribution < 1.29 is 0 Å². The Morgan fingerprint density at radius 3 is 1.70 bits per heavy atom. The zero-order valence-electron chi connectivity index (χ0n) is 33.1. The van der Waals surface area contributed by atoms with E-state index in [9.17, 15) is 0 Å². The molecule has 2 aromatic heterocycles. The second kappa shape index (κ2) is 13.1. The van der Waals surface area contributed by atoms with Gasteiger partial charge in [0.15, 0.2) is 17.5 Å². The second-order valence-corrected chi connectivity index (χ2v) is 16.2. The summed E-state index contributed by atoms with van der Waals surface area (Å²) in [5, 5.41) is 7.29. The summed E-state index contributed by atoms with van der Waals surface area (Å²) in [6.45, 7) is 4.62. The summed E-state index contributed by atoms with van der Waals surface area (Å²) in [5.41, 5.74) is 11.6. The lowest BCUT2D eigenvalue weighted by Gasteiger charge is -2.21. The number of aromatic nitrogens is 5. The van der Waals surface area contributed by atoms with Gasteiger partial charge < -0.3 is 0 Å². The molecular formula is C55H37N5. The Morgan fingerprint density at radius 1 is 0.383 bits per heavy atom. The quantitative estimate of drug-likeness (QED) is 0.164. The van der Waals surface area contributed by atoms with Crippen molar-refractivity contribution in [1.82, 2.24) is 24.5 Å². The summed E-state index contributed by atoms with van der Waals surface area (Å²) in [5.74, 6) is 2.72. The molecule has 0 saturated heterocycles. The highest BCUT2D eigenvalue weighted by Gasteiger charge is 2.37. The van der Waals surface area contributed by atoms with Gasteiger partial charge in [0, 0.05) is 33.4 Å². The first-order chi connectivity index (χ1) is 29.5. The van der Waals surface area contributed by atoms with E-state index in [4.69, 9.17) is 19.9 Å². The molecule has 11 aromatic rings. The molecule has 0 N–H and O–H groups in total. The summed E-state index contributed by atoms with van der Waals surface area (Å²) in [6.07, 6.45) is 0. The number of rotatable bonds is 5. The SMILES string of the molecule is CC1(C)c2ccccc2-c2c(-c3nc(-c4cccc(-c5nc6ccccc6n5-c5ccccc5)c4)nc(-c4ccc5c6ccccc6c6ccccc6c5c4)n3)cccc21. The van der Waals surface area contributed by atoms with Gasteiger partial charge in [-0.15, -0.1) is 0 Å². The molecule has 1 aliphatic rings. The predicted octanol–water partition coefficient (Wildman–Crippen LogP) is 13.6. The minimum Gasteiger partial charge on any atom is -0.292 e. The van der Waals surface area contributed by atoms with Crippen molar-refractivity contribution >= 4 is 43.4 Å². The predicted molar refractivity (Wildman–Crippen MR) is 246 cm³/mol. The monoisotopic (exact) mass is 767 g/mol. The molecule has 0 saturated carbocycles. The fraction of sp³-hybridized carbons (Fsp3) is 0.0545. The molecule has 0 radical (unpaired) electrons. The third-order valence-electron chi connectivity index (χ3n) is 12.4. The average molecular weight is 768 g/mol. The molecular weight excluding hydrogens is 731 g/mol. The van der Waals surface area contributed by atoms with Crippen molar-refractivity contribution in [3.63, 3.8) is 0 Å². The van der Waals surface area contributed by atoms with E-state index in [0.717, 1.165) is 44.8 Å². The Morgan fingerprint density at radius 2 is 0.933 bits per heavy atom. The lowest BCUT2D eigenvalue weighted by molar-refractivity contribution is 0.660. The molecule has 9 aromatic carbocycles. The van der Waals surface area contributed by atoms with Crippen molar-refractivity contribution in [2.24, 2.45) is 0 Å². The summed E-state index contributed by atoms with van der Waals surface area (Å²) < 4.78 is 2.23. The van der Waals surface area contributed by atoms with E-state index in [1.165, 1.54) is 54.6 Å². The Balaban J connectivity index is 1.10. The zero-order chi connectivity index (χ0) is 40.0. The van der Waals surface area contributed by atoms with Crippen molar-refractivity contribution in [3.8, 4) is 62.4 Å². The highest BCUT2D eigenvalue weighted by molar-refractivity contribution is 6.25. The fourth-order valence-corrected chi connectivity index (χ4v) is 9.60. The van der Waals surface area contributed by atoms with Gasteiger partial charge in [0.1, 0.15) is 5.82 Å². The fourth-order valence-electron chi connectivity index (χ4n) is 9.60. The van der Waals surface area contributed by atoms with Gasteiger partial charge in [-0.2, -0.15) is 0 Å². The summed E-state index contributed by atoms with van der Waals surface area (Å²) >= 11 is 0. The van der Waals surface area contributed by atoms with Crippen LogP contribution in [-0.2, 0) is 5.41 Å². The highest BCUT2D eigenvalue weighted by atomic mass is 15.1. The van der Waals surface area contributed by atoms with Crippen molar-refractivity contribution in [1.29, 1.82) is 0 Å². The van der Waals surface area contributed by atoms with Crippen LogP contribution in [0.2, 0.25) is 0 Å². The standard InChI is InChI=1S/C55H37N5/c1-55(2)46-26-11-10-24-43(46)50-44(25-15-27-47(50)55)53-58-51(34-16-14-17-36(32-34)54-56-48-28-12-13-29-49(48)60(54)37-18-4-3-5-19-37)57-52(59-53)35-30-31-42-40-22-7-6-20-38(40)39-21-8-9-23-41(39)45(42)33-35/h3-33H,1-2H3.